The van der Waals surface area contributed by atoms with Gasteiger partial charge in [-0.15, -0.1) is 6.58 Å². The number of nitro groups is 1. The summed E-state index contributed by atoms with van der Waals surface area (Å²) in [5, 5.41) is 21.8. The van der Waals surface area contributed by atoms with Gasteiger partial charge in [-0.05, 0) is 36.7 Å². The lowest BCUT2D eigenvalue weighted by Gasteiger charge is -2.37. The fourth-order valence-electron chi connectivity index (χ4n) is 7.02. The lowest BCUT2D eigenvalue weighted by molar-refractivity contribution is -0.385. The fourth-order valence-corrected chi connectivity index (χ4v) is 9.58. The maximum absolute atomic E-state index is 14.1. The quantitative estimate of drug-likeness (QED) is 0.228. The predicted molar refractivity (Wildman–Crippen MR) is 151 cm³/mol. The Bertz CT molecular complexity index is 1380. The predicted octanol–water partition coefficient (Wildman–Crippen LogP) is 3.26. The molecule has 0 bridgehead atoms. The minimum absolute atomic E-state index is 0.0919. The highest BCUT2D eigenvalue weighted by molar-refractivity contribution is 6.71. The van der Waals surface area contributed by atoms with Crippen LogP contribution in [0.3, 0.4) is 0 Å². The molecule has 5 atom stereocenters. The molecular formula is C29H35N3O7Si. The number of amides is 2. The molecule has 0 aliphatic carbocycles. The number of aliphatic hydroxyl groups is 1. The van der Waals surface area contributed by atoms with Gasteiger partial charge >= 0.3 is 0 Å². The van der Waals surface area contributed by atoms with Crippen LogP contribution in [0.2, 0.25) is 18.6 Å². The average Bonchev–Trinajstić information content (AvgIpc) is 3.34. The van der Waals surface area contributed by atoms with Gasteiger partial charge in [0.05, 0.1) is 35.8 Å². The first-order valence-electron chi connectivity index (χ1n) is 13.5. The number of carbonyl (C=O) groups is 2. The second-order valence-electron chi connectivity index (χ2n) is 11.6. The molecule has 2 aromatic rings. The summed E-state index contributed by atoms with van der Waals surface area (Å²) in [5.74, 6) is -1.18. The third-order valence-electron chi connectivity index (χ3n) is 8.75. The van der Waals surface area contributed by atoms with Crippen molar-refractivity contribution >= 4 is 31.5 Å². The average molecular weight is 566 g/mol. The van der Waals surface area contributed by atoms with Crippen LogP contribution in [0.4, 0.5) is 11.4 Å². The van der Waals surface area contributed by atoms with Crippen molar-refractivity contribution < 1.29 is 29.2 Å². The Labute approximate surface area is 234 Å². The molecular weight excluding hydrogens is 530 g/mol. The largest absolute Gasteiger partial charge is 0.432 e. The van der Waals surface area contributed by atoms with Crippen LogP contribution >= 0.6 is 0 Å². The number of carbonyl (C=O) groups excluding carboxylic acids is 2. The Morgan fingerprint density at radius 1 is 1.27 bits per heavy atom. The highest BCUT2D eigenvalue weighted by atomic mass is 28.4. The molecule has 1 saturated heterocycles. The number of ether oxygens (including phenoxy) is 1. The molecule has 10 nitrogen and oxygen atoms in total. The van der Waals surface area contributed by atoms with Crippen molar-refractivity contribution in [1.29, 1.82) is 0 Å². The van der Waals surface area contributed by atoms with Gasteiger partial charge in [-0.25, -0.2) is 0 Å². The summed E-state index contributed by atoms with van der Waals surface area (Å²) in [6.45, 7) is 9.44. The molecule has 40 heavy (non-hydrogen) atoms. The monoisotopic (exact) mass is 565 g/mol. The minimum Gasteiger partial charge on any atom is -0.432 e. The molecule has 0 radical (unpaired) electrons. The van der Waals surface area contributed by atoms with Gasteiger partial charge in [-0.1, -0.05) is 37.3 Å². The van der Waals surface area contributed by atoms with E-state index in [1.165, 1.54) is 17.0 Å². The number of benzene rings is 2. The second-order valence-corrected chi connectivity index (χ2v) is 15.5. The van der Waals surface area contributed by atoms with Gasteiger partial charge in [-0.3, -0.25) is 19.7 Å². The van der Waals surface area contributed by atoms with Crippen LogP contribution in [0.5, 0.6) is 0 Å². The fraction of sp³-hybridized carbons (Fsp3) is 0.448. The van der Waals surface area contributed by atoms with Crippen molar-refractivity contribution in [3.63, 3.8) is 0 Å². The van der Waals surface area contributed by atoms with E-state index in [4.69, 9.17) is 4.74 Å². The molecule has 1 spiro atoms. The number of nitro benzene ring substituents is 1. The van der Waals surface area contributed by atoms with Crippen LogP contribution in [-0.2, 0) is 32.9 Å². The summed E-state index contributed by atoms with van der Waals surface area (Å²) < 4.78 is 6.63. The van der Waals surface area contributed by atoms with Gasteiger partial charge in [0.15, 0.2) is 13.9 Å². The van der Waals surface area contributed by atoms with Crippen molar-refractivity contribution in [3.05, 3.63) is 81.9 Å². The van der Waals surface area contributed by atoms with Crippen molar-refractivity contribution in [2.24, 2.45) is 5.92 Å². The maximum Gasteiger partial charge on any atom is 0.269 e. The van der Waals surface area contributed by atoms with E-state index in [9.17, 15) is 29.6 Å². The Hall–Kier alpha value is -3.38. The van der Waals surface area contributed by atoms with Gasteiger partial charge in [0.25, 0.3) is 11.6 Å². The third-order valence-corrected chi connectivity index (χ3v) is 11.3. The zero-order chi connectivity index (χ0) is 29.0. The van der Waals surface area contributed by atoms with E-state index < -0.39 is 42.4 Å². The molecule has 3 heterocycles. The molecule has 3 aliphatic heterocycles. The van der Waals surface area contributed by atoms with Gasteiger partial charge < -0.3 is 24.4 Å². The van der Waals surface area contributed by atoms with Crippen LogP contribution in [0.25, 0.3) is 0 Å². The first-order chi connectivity index (χ1) is 18.9. The Balaban J connectivity index is 1.54. The highest BCUT2D eigenvalue weighted by Crippen LogP contribution is 2.60. The standard InChI is InChI=1S/C29H35N3O7Si/c1-5-12-30-24-11-10-21(32(36)37)14-23(24)29(28(30)35)18(2)27(40(3,4)38)25(39-29)15-26(34)31-16-20-9-7-6-8-19(20)13-22(31)17-33/h5-11,14,18,22,25,27,33,38H,1,12-13,15-17H2,2-4H3/t18-,22-,25+,27-,29+/m0/s1. The number of hydrogen-bond donors (Lipinski definition) is 2. The van der Waals surface area contributed by atoms with Crippen molar-refractivity contribution in [1.82, 2.24) is 4.90 Å². The minimum atomic E-state index is -3.04. The molecule has 0 aromatic heterocycles. The Morgan fingerprint density at radius 2 is 1.98 bits per heavy atom. The topological polar surface area (TPSA) is 133 Å². The first-order valence-corrected chi connectivity index (χ1v) is 16.6. The Morgan fingerprint density at radius 3 is 2.60 bits per heavy atom. The maximum atomic E-state index is 14.1. The summed E-state index contributed by atoms with van der Waals surface area (Å²) in [6.07, 6.45) is 1.21. The lowest BCUT2D eigenvalue weighted by Crippen LogP contribution is -2.48. The second kappa shape index (κ2) is 10.2. The zero-order valence-corrected chi connectivity index (χ0v) is 23.9. The van der Waals surface area contributed by atoms with E-state index in [2.05, 4.69) is 6.58 Å². The van der Waals surface area contributed by atoms with Crippen molar-refractivity contribution in [2.45, 2.75) is 62.7 Å². The molecule has 3 aliphatic rings. The van der Waals surface area contributed by atoms with Gasteiger partial charge in [-0.2, -0.15) is 0 Å². The van der Waals surface area contributed by atoms with Crippen LogP contribution < -0.4 is 4.90 Å². The van der Waals surface area contributed by atoms with Crippen LogP contribution in [0, 0.1) is 16.0 Å². The number of anilines is 1. The number of rotatable bonds is 7. The molecule has 5 rings (SSSR count). The van der Waals surface area contributed by atoms with E-state index in [1.54, 1.807) is 30.1 Å². The molecule has 11 heteroatoms. The number of nitrogens with zero attached hydrogens (tertiary/aromatic N) is 3. The van der Waals surface area contributed by atoms with Gasteiger partial charge in [0.2, 0.25) is 5.91 Å². The number of aliphatic hydroxyl groups excluding tert-OH is 1. The molecule has 0 unspecified atom stereocenters. The number of hydrogen-bond acceptors (Lipinski definition) is 7. The highest BCUT2D eigenvalue weighted by Gasteiger charge is 2.66. The van der Waals surface area contributed by atoms with E-state index in [1.807, 2.05) is 31.2 Å². The molecule has 1 fully saturated rings. The summed E-state index contributed by atoms with van der Waals surface area (Å²) in [5.41, 5.74) is 0.709. The molecule has 2 aromatic carbocycles. The van der Waals surface area contributed by atoms with E-state index in [0.717, 1.165) is 11.1 Å². The lowest BCUT2D eigenvalue weighted by atomic mass is 9.82. The number of fused-ring (bicyclic) bond motifs is 3. The molecule has 0 saturated carbocycles. The van der Waals surface area contributed by atoms with Crippen LogP contribution in [0.15, 0.2) is 55.1 Å². The van der Waals surface area contributed by atoms with Crippen molar-refractivity contribution in [3.8, 4) is 0 Å². The molecule has 2 N–H and O–H groups in total. The molecule has 2 amide bonds. The van der Waals surface area contributed by atoms with E-state index in [0.29, 0.717) is 24.2 Å². The zero-order valence-electron chi connectivity index (χ0n) is 22.9. The van der Waals surface area contributed by atoms with Gasteiger partial charge in [0.1, 0.15) is 0 Å². The van der Waals surface area contributed by atoms with E-state index >= 15 is 0 Å². The van der Waals surface area contributed by atoms with Crippen LogP contribution in [-0.4, -0.2) is 65.2 Å². The van der Waals surface area contributed by atoms with Crippen LogP contribution in [0.1, 0.15) is 30.0 Å². The smallest absolute Gasteiger partial charge is 0.269 e. The summed E-state index contributed by atoms with van der Waals surface area (Å²) in [4.78, 5) is 53.7. The summed E-state index contributed by atoms with van der Waals surface area (Å²) in [7, 11) is -3.04. The summed E-state index contributed by atoms with van der Waals surface area (Å²) in [6, 6.07) is 11.7. The van der Waals surface area contributed by atoms with Crippen molar-refractivity contribution in [2.75, 3.05) is 18.1 Å². The Kier molecular flexibility index (Phi) is 7.20. The van der Waals surface area contributed by atoms with Gasteiger partial charge in [0, 0.05) is 42.2 Å². The summed E-state index contributed by atoms with van der Waals surface area (Å²) >= 11 is 0. The SMILES string of the molecule is C=CCN1C(=O)[C@]2(O[C@H](CC(=O)N3Cc4ccccc4C[C@H]3CO)[C@@H]([Si](C)(C)O)[C@@H]2C)c2cc([N+](=O)[O-])ccc21. The third kappa shape index (κ3) is 4.37. The first kappa shape index (κ1) is 28.2. The number of non-ortho nitro benzene ring substituents is 1. The normalized spacial score (nSPS) is 27.6. The molecule has 212 valence electrons. The van der Waals surface area contributed by atoms with E-state index in [-0.39, 0.29) is 37.1 Å².